The zero-order valence-electron chi connectivity index (χ0n) is 15.9. The molecule has 6 heteroatoms. The van der Waals surface area contributed by atoms with Crippen LogP contribution in [0.4, 0.5) is 4.39 Å². The Balaban J connectivity index is 1.62. The second kappa shape index (κ2) is 8.50. The van der Waals surface area contributed by atoms with Gasteiger partial charge < -0.3 is 0 Å². The zero-order valence-corrected chi connectivity index (χ0v) is 16.7. The number of halogens is 1. The quantitative estimate of drug-likeness (QED) is 0.760. The smallest absolute Gasteiger partial charge is 0.218 e. The van der Waals surface area contributed by atoms with E-state index >= 15 is 0 Å². The average molecular weight is 391 g/mol. The highest BCUT2D eigenvalue weighted by Crippen LogP contribution is 2.21. The lowest BCUT2D eigenvalue weighted by Crippen LogP contribution is -2.58. The first-order chi connectivity index (χ1) is 12.8. The van der Waals surface area contributed by atoms with E-state index in [2.05, 4.69) is 30.9 Å². The maximum absolute atomic E-state index is 13.0. The molecule has 146 valence electrons. The molecule has 2 unspecified atom stereocenters. The summed E-state index contributed by atoms with van der Waals surface area (Å²) >= 11 is 0. The van der Waals surface area contributed by atoms with Gasteiger partial charge in [0.1, 0.15) is 5.82 Å². The van der Waals surface area contributed by atoms with E-state index in [-0.39, 0.29) is 23.7 Å². The summed E-state index contributed by atoms with van der Waals surface area (Å²) in [7, 11) is -3.42. The Kier molecular flexibility index (Phi) is 6.29. The van der Waals surface area contributed by atoms with Crippen LogP contribution in [0.25, 0.3) is 0 Å². The topological polar surface area (TPSA) is 40.6 Å². The fourth-order valence-corrected chi connectivity index (χ4v) is 5.44. The molecule has 1 aliphatic heterocycles. The van der Waals surface area contributed by atoms with Gasteiger partial charge in [0.2, 0.25) is 10.0 Å². The van der Waals surface area contributed by atoms with Gasteiger partial charge in [-0.2, -0.15) is 4.31 Å². The van der Waals surface area contributed by atoms with Gasteiger partial charge in [0.15, 0.2) is 0 Å². The second-order valence-corrected chi connectivity index (χ2v) is 9.34. The minimum Gasteiger partial charge on any atom is -0.295 e. The molecule has 1 saturated heterocycles. The van der Waals surface area contributed by atoms with Crippen molar-refractivity contribution in [3.8, 4) is 0 Å². The van der Waals surface area contributed by atoms with Crippen molar-refractivity contribution >= 4 is 10.0 Å². The summed E-state index contributed by atoms with van der Waals surface area (Å²) in [6.07, 6.45) is 0.956. The van der Waals surface area contributed by atoms with Crippen molar-refractivity contribution in [2.24, 2.45) is 0 Å². The number of rotatable bonds is 6. The standard InChI is InChI=1S/C21H27FN2O2S/c1-17-14-23(27(25,26)16-20-8-10-21(22)11-9-20)15-18(2)24(17)13-12-19-6-4-3-5-7-19/h3-11,17-18H,12-16H2,1-2H3. The Labute approximate surface area is 161 Å². The molecular weight excluding hydrogens is 363 g/mol. The van der Waals surface area contributed by atoms with Crippen LogP contribution in [0.15, 0.2) is 54.6 Å². The third-order valence-corrected chi connectivity index (χ3v) is 7.01. The van der Waals surface area contributed by atoms with Gasteiger partial charge >= 0.3 is 0 Å². The van der Waals surface area contributed by atoms with Crippen molar-refractivity contribution < 1.29 is 12.8 Å². The van der Waals surface area contributed by atoms with E-state index in [1.807, 2.05) is 18.2 Å². The highest BCUT2D eigenvalue weighted by atomic mass is 32.2. The van der Waals surface area contributed by atoms with Crippen LogP contribution in [0.3, 0.4) is 0 Å². The summed E-state index contributed by atoms with van der Waals surface area (Å²) in [4.78, 5) is 2.39. The molecule has 0 N–H and O–H groups in total. The van der Waals surface area contributed by atoms with Crippen LogP contribution < -0.4 is 0 Å². The van der Waals surface area contributed by atoms with E-state index in [0.29, 0.717) is 18.7 Å². The fourth-order valence-electron chi connectivity index (χ4n) is 3.76. The van der Waals surface area contributed by atoms with Crippen LogP contribution in [0, 0.1) is 5.82 Å². The first-order valence-corrected chi connectivity index (χ1v) is 11.0. The molecule has 0 radical (unpaired) electrons. The maximum Gasteiger partial charge on any atom is 0.218 e. The number of piperazine rings is 1. The summed E-state index contributed by atoms with van der Waals surface area (Å²) in [5.41, 5.74) is 1.91. The van der Waals surface area contributed by atoms with E-state index in [9.17, 15) is 12.8 Å². The predicted octanol–water partition coefficient (Wildman–Crippen LogP) is 3.29. The van der Waals surface area contributed by atoms with Crippen LogP contribution in [0.5, 0.6) is 0 Å². The Bertz CT molecular complexity index is 828. The molecular formula is C21H27FN2O2S. The van der Waals surface area contributed by atoms with Crippen LogP contribution in [0.2, 0.25) is 0 Å². The minimum atomic E-state index is -3.42. The molecule has 2 atom stereocenters. The molecule has 1 aliphatic rings. The molecule has 0 bridgehead atoms. The molecule has 0 aromatic heterocycles. The summed E-state index contributed by atoms with van der Waals surface area (Å²) in [6, 6.07) is 16.3. The number of sulfonamides is 1. The molecule has 0 aliphatic carbocycles. The minimum absolute atomic E-state index is 0.0866. The van der Waals surface area contributed by atoms with Crippen molar-refractivity contribution in [2.75, 3.05) is 19.6 Å². The summed E-state index contributed by atoms with van der Waals surface area (Å²) in [6.45, 7) is 6.06. The van der Waals surface area contributed by atoms with Gasteiger partial charge in [-0.25, -0.2) is 12.8 Å². The summed E-state index contributed by atoms with van der Waals surface area (Å²) in [5.74, 6) is -0.443. The summed E-state index contributed by atoms with van der Waals surface area (Å²) < 4.78 is 40.3. The Hall–Kier alpha value is -1.76. The largest absolute Gasteiger partial charge is 0.295 e. The van der Waals surface area contributed by atoms with Crippen molar-refractivity contribution in [1.29, 1.82) is 0 Å². The molecule has 2 aromatic carbocycles. The Morgan fingerprint density at radius 1 is 0.926 bits per heavy atom. The van der Waals surface area contributed by atoms with Crippen molar-refractivity contribution in [1.82, 2.24) is 9.21 Å². The molecule has 27 heavy (non-hydrogen) atoms. The van der Waals surface area contributed by atoms with Gasteiger partial charge in [-0.1, -0.05) is 42.5 Å². The maximum atomic E-state index is 13.0. The van der Waals surface area contributed by atoms with Gasteiger partial charge in [-0.15, -0.1) is 0 Å². The molecule has 3 rings (SSSR count). The monoisotopic (exact) mass is 390 g/mol. The second-order valence-electron chi connectivity index (χ2n) is 7.37. The molecule has 1 heterocycles. The lowest BCUT2D eigenvalue weighted by atomic mass is 10.1. The van der Waals surface area contributed by atoms with Crippen LogP contribution in [-0.2, 0) is 22.2 Å². The first-order valence-electron chi connectivity index (χ1n) is 9.37. The third-order valence-electron chi connectivity index (χ3n) is 5.23. The van der Waals surface area contributed by atoms with Crippen LogP contribution in [0.1, 0.15) is 25.0 Å². The molecule has 4 nitrogen and oxygen atoms in total. The van der Waals surface area contributed by atoms with Gasteiger partial charge in [0, 0.05) is 31.7 Å². The van der Waals surface area contributed by atoms with E-state index in [1.54, 1.807) is 4.31 Å². The predicted molar refractivity (Wildman–Crippen MR) is 106 cm³/mol. The molecule has 0 amide bonds. The third kappa shape index (κ3) is 5.15. The lowest BCUT2D eigenvalue weighted by Gasteiger charge is -2.43. The molecule has 0 saturated carbocycles. The summed E-state index contributed by atoms with van der Waals surface area (Å²) in [5, 5.41) is 0. The van der Waals surface area contributed by atoms with E-state index < -0.39 is 10.0 Å². The fraction of sp³-hybridized carbons (Fsp3) is 0.429. The van der Waals surface area contributed by atoms with E-state index in [4.69, 9.17) is 0 Å². The zero-order chi connectivity index (χ0) is 19.4. The van der Waals surface area contributed by atoms with Gasteiger partial charge in [0.25, 0.3) is 0 Å². The van der Waals surface area contributed by atoms with Gasteiger partial charge in [-0.05, 0) is 43.5 Å². The van der Waals surface area contributed by atoms with Crippen molar-refractivity contribution in [3.63, 3.8) is 0 Å². The number of nitrogens with zero attached hydrogens (tertiary/aromatic N) is 2. The Morgan fingerprint density at radius 3 is 2.11 bits per heavy atom. The van der Waals surface area contributed by atoms with E-state index in [0.717, 1.165) is 13.0 Å². The lowest BCUT2D eigenvalue weighted by molar-refractivity contribution is 0.0783. The Morgan fingerprint density at radius 2 is 1.52 bits per heavy atom. The van der Waals surface area contributed by atoms with E-state index in [1.165, 1.54) is 29.8 Å². The highest BCUT2D eigenvalue weighted by Gasteiger charge is 2.35. The highest BCUT2D eigenvalue weighted by molar-refractivity contribution is 7.88. The number of benzene rings is 2. The number of hydrogen-bond acceptors (Lipinski definition) is 3. The van der Waals surface area contributed by atoms with Gasteiger partial charge in [0.05, 0.1) is 5.75 Å². The van der Waals surface area contributed by atoms with Crippen molar-refractivity contribution in [3.05, 3.63) is 71.5 Å². The van der Waals surface area contributed by atoms with Crippen LogP contribution >= 0.6 is 0 Å². The normalized spacial score (nSPS) is 22.0. The van der Waals surface area contributed by atoms with Crippen molar-refractivity contribution in [2.45, 2.75) is 38.1 Å². The first kappa shape index (κ1) is 20.0. The van der Waals surface area contributed by atoms with Gasteiger partial charge in [-0.3, -0.25) is 4.90 Å². The average Bonchev–Trinajstić information content (AvgIpc) is 2.63. The molecule has 1 fully saturated rings. The van der Waals surface area contributed by atoms with Crippen LogP contribution in [-0.4, -0.2) is 49.3 Å². The SMILES string of the molecule is CC1CN(S(=O)(=O)Cc2ccc(F)cc2)CC(C)N1CCc1ccccc1. The molecule has 2 aromatic rings. The number of hydrogen-bond donors (Lipinski definition) is 0. The molecule has 0 spiro atoms.